The molecule has 108 valence electrons. The highest BCUT2D eigenvalue weighted by molar-refractivity contribution is 5.51. The topological polar surface area (TPSA) is 115 Å². The molecule has 2 rings (SSSR count). The van der Waals surface area contributed by atoms with E-state index in [1.807, 2.05) is 24.3 Å². The van der Waals surface area contributed by atoms with Gasteiger partial charge >= 0.3 is 0 Å². The molecule has 0 aliphatic heterocycles. The van der Waals surface area contributed by atoms with Crippen LogP contribution in [0.25, 0.3) is 0 Å². The molecule has 0 bridgehead atoms. The predicted octanol–water partition coefficient (Wildman–Crippen LogP) is 1.60. The first kappa shape index (κ1) is 15.0. The van der Waals surface area contributed by atoms with E-state index in [1.54, 1.807) is 24.3 Å². The van der Waals surface area contributed by atoms with Crippen molar-refractivity contribution < 1.29 is 0 Å². The second-order valence-electron chi connectivity index (χ2n) is 4.51. The maximum absolute atomic E-state index is 8.88. The molecule has 6 nitrogen and oxygen atoms in total. The minimum Gasteiger partial charge on any atom is -0.388 e. The van der Waals surface area contributed by atoms with Gasteiger partial charge in [-0.25, -0.2) is 11.0 Å². The lowest BCUT2D eigenvalue weighted by Crippen LogP contribution is -2.31. The van der Waals surface area contributed by atoms with Gasteiger partial charge in [0.15, 0.2) is 0 Å². The number of rotatable bonds is 4. The van der Waals surface area contributed by atoms with Crippen LogP contribution in [0, 0.1) is 22.7 Å². The Morgan fingerprint density at radius 2 is 1.32 bits per heavy atom. The third-order valence-corrected chi connectivity index (χ3v) is 3.18. The molecule has 0 heterocycles. The van der Waals surface area contributed by atoms with Gasteiger partial charge in [-0.3, -0.25) is 0 Å². The summed E-state index contributed by atoms with van der Waals surface area (Å²) in [6, 6.07) is 17.9. The van der Waals surface area contributed by atoms with Gasteiger partial charge in [-0.1, -0.05) is 24.3 Å². The quantitative estimate of drug-likeness (QED) is 0.384. The first-order valence-electron chi connectivity index (χ1n) is 6.48. The minimum absolute atomic E-state index is 0.375. The third kappa shape index (κ3) is 3.21. The van der Waals surface area contributed by atoms with Crippen molar-refractivity contribution in [2.75, 3.05) is 0 Å². The Bertz CT molecular complexity index is 677. The molecule has 6 heteroatoms. The lowest BCUT2D eigenvalue weighted by Gasteiger charge is -2.25. The van der Waals surface area contributed by atoms with Crippen molar-refractivity contribution in [3.8, 4) is 12.1 Å². The van der Waals surface area contributed by atoms with Gasteiger partial charge in [-0.15, -0.1) is 0 Å². The second kappa shape index (κ2) is 6.89. The van der Waals surface area contributed by atoms with E-state index in [4.69, 9.17) is 22.1 Å². The van der Waals surface area contributed by atoms with Crippen molar-refractivity contribution in [3.05, 3.63) is 70.8 Å². The zero-order chi connectivity index (χ0) is 15.9. The first-order valence-corrected chi connectivity index (χ1v) is 6.48. The molecular formula is C16H14N6. The van der Waals surface area contributed by atoms with Crippen molar-refractivity contribution in [1.29, 1.82) is 10.5 Å². The summed E-state index contributed by atoms with van der Waals surface area (Å²) in [5, 5.41) is 22.9. The van der Waals surface area contributed by atoms with Gasteiger partial charge in [0.2, 0.25) is 0 Å². The number of hydrogen-bond acceptors (Lipinski definition) is 5. The average Bonchev–Trinajstić information content (AvgIpc) is 2.56. The molecule has 0 aromatic heterocycles. The lowest BCUT2D eigenvalue weighted by atomic mass is 9.97. The largest absolute Gasteiger partial charge is 0.388 e. The molecule has 4 N–H and O–H groups in total. The first-order chi connectivity index (χ1) is 10.7. The normalized spacial score (nSPS) is 10.4. The molecule has 0 amide bonds. The van der Waals surface area contributed by atoms with Crippen LogP contribution in [0.4, 0.5) is 0 Å². The van der Waals surface area contributed by atoms with Gasteiger partial charge in [-0.05, 0) is 35.4 Å². The van der Waals surface area contributed by atoms with Crippen molar-refractivity contribution >= 4 is 6.34 Å². The fraction of sp³-hybridized carbons (Fsp3) is 0.0625. The van der Waals surface area contributed by atoms with Crippen LogP contribution >= 0.6 is 0 Å². The summed E-state index contributed by atoms with van der Waals surface area (Å²) in [6.07, 6.45) is 1.11. The fourth-order valence-electron chi connectivity index (χ4n) is 2.12. The van der Waals surface area contributed by atoms with Crippen molar-refractivity contribution in [1.82, 2.24) is 5.12 Å². The van der Waals surface area contributed by atoms with E-state index in [1.165, 1.54) is 5.12 Å². The standard InChI is InChI=1S/C16H14N6/c17-9-12-1-5-14(6-2-12)16(22(20)21-11-19)15-7-3-13(10-18)4-8-15/h1-8,11,16H,20H2,(H2,19,21). The molecule has 22 heavy (non-hydrogen) atoms. The van der Waals surface area contributed by atoms with Gasteiger partial charge in [0, 0.05) is 0 Å². The molecule has 0 atom stereocenters. The Balaban J connectivity index is 2.45. The van der Waals surface area contributed by atoms with Gasteiger partial charge in [-0.2, -0.15) is 15.6 Å². The van der Waals surface area contributed by atoms with Gasteiger partial charge < -0.3 is 5.73 Å². The van der Waals surface area contributed by atoms with E-state index < -0.39 is 0 Å². The highest BCUT2D eigenvalue weighted by atomic mass is 15.6. The molecule has 0 aliphatic rings. The Morgan fingerprint density at radius 1 is 0.909 bits per heavy atom. The van der Waals surface area contributed by atoms with E-state index >= 15 is 0 Å². The summed E-state index contributed by atoms with van der Waals surface area (Å²) in [4.78, 5) is 0. The number of nitrogens with two attached hydrogens (primary N) is 2. The number of benzene rings is 2. The monoisotopic (exact) mass is 290 g/mol. The Kier molecular flexibility index (Phi) is 4.71. The summed E-state index contributed by atoms with van der Waals surface area (Å²) in [7, 11) is 0. The summed E-state index contributed by atoms with van der Waals surface area (Å²) >= 11 is 0. The molecule has 0 saturated heterocycles. The lowest BCUT2D eigenvalue weighted by molar-refractivity contribution is 0.245. The van der Waals surface area contributed by atoms with Crippen molar-refractivity contribution in [2.45, 2.75) is 6.04 Å². The Labute approximate surface area is 128 Å². The van der Waals surface area contributed by atoms with Crippen molar-refractivity contribution in [3.63, 3.8) is 0 Å². The zero-order valence-electron chi connectivity index (χ0n) is 11.7. The maximum Gasteiger partial charge on any atom is 0.114 e. The number of nitriles is 2. The van der Waals surface area contributed by atoms with Crippen LogP contribution < -0.4 is 11.6 Å². The van der Waals surface area contributed by atoms with Crippen LogP contribution in [0.15, 0.2) is 53.6 Å². The number of nitrogens with zero attached hydrogens (tertiary/aromatic N) is 4. The average molecular weight is 290 g/mol. The van der Waals surface area contributed by atoms with Crippen LogP contribution in [0.2, 0.25) is 0 Å². The highest BCUT2D eigenvalue weighted by Crippen LogP contribution is 2.27. The molecule has 2 aromatic rings. The Hall–Kier alpha value is -3.35. The van der Waals surface area contributed by atoms with Gasteiger partial charge in [0.25, 0.3) is 0 Å². The maximum atomic E-state index is 8.88. The Morgan fingerprint density at radius 3 is 1.64 bits per heavy atom. The van der Waals surface area contributed by atoms with E-state index in [2.05, 4.69) is 17.2 Å². The molecule has 0 radical (unpaired) electrons. The SMILES string of the molecule is N#Cc1ccc(C(c2ccc(C#N)cc2)N(N)/N=C\N)cc1. The second-order valence-corrected chi connectivity index (χ2v) is 4.51. The van der Waals surface area contributed by atoms with E-state index in [9.17, 15) is 0 Å². The van der Waals surface area contributed by atoms with Gasteiger partial charge in [0.05, 0.1) is 23.3 Å². The van der Waals surface area contributed by atoms with Crippen LogP contribution in [-0.2, 0) is 0 Å². The molecule has 0 unspecified atom stereocenters. The highest BCUT2D eigenvalue weighted by Gasteiger charge is 2.19. The van der Waals surface area contributed by atoms with E-state index in [-0.39, 0.29) is 6.04 Å². The van der Waals surface area contributed by atoms with Crippen LogP contribution in [0.5, 0.6) is 0 Å². The van der Waals surface area contributed by atoms with Crippen molar-refractivity contribution in [2.24, 2.45) is 16.7 Å². The van der Waals surface area contributed by atoms with Gasteiger partial charge in [0.1, 0.15) is 12.4 Å². The number of hydrogen-bond donors (Lipinski definition) is 2. The predicted molar refractivity (Wildman–Crippen MR) is 82.9 cm³/mol. The summed E-state index contributed by atoms with van der Waals surface area (Å²) < 4.78 is 0. The summed E-state index contributed by atoms with van der Waals surface area (Å²) in [5.41, 5.74) is 8.16. The molecule has 0 saturated carbocycles. The van der Waals surface area contributed by atoms with Crippen LogP contribution in [-0.4, -0.2) is 11.5 Å². The third-order valence-electron chi connectivity index (χ3n) is 3.18. The number of hydrazone groups is 1. The zero-order valence-corrected chi connectivity index (χ0v) is 11.7. The number of hydrazine groups is 1. The van der Waals surface area contributed by atoms with E-state index in [0.717, 1.165) is 17.5 Å². The molecular weight excluding hydrogens is 276 g/mol. The fourth-order valence-corrected chi connectivity index (χ4v) is 2.12. The summed E-state index contributed by atoms with van der Waals surface area (Å²) in [6.45, 7) is 0. The van der Waals surface area contributed by atoms with Crippen LogP contribution in [0.3, 0.4) is 0 Å². The molecule has 2 aromatic carbocycles. The van der Waals surface area contributed by atoms with Crippen LogP contribution in [0.1, 0.15) is 28.3 Å². The minimum atomic E-state index is -0.375. The van der Waals surface area contributed by atoms with E-state index in [0.29, 0.717) is 11.1 Å². The molecule has 0 spiro atoms. The molecule has 0 fully saturated rings. The smallest absolute Gasteiger partial charge is 0.114 e. The summed E-state index contributed by atoms with van der Waals surface area (Å²) in [5.74, 6) is 5.96. The molecule has 0 aliphatic carbocycles.